The van der Waals surface area contributed by atoms with Gasteiger partial charge in [0, 0.05) is 24.6 Å². The molecule has 0 aliphatic carbocycles. The second-order valence-electron chi connectivity index (χ2n) is 8.18. The molecular weight excluding hydrogens is 414 g/mol. The van der Waals surface area contributed by atoms with Crippen molar-refractivity contribution in [3.05, 3.63) is 96.3 Å². The molecule has 33 heavy (non-hydrogen) atoms. The number of hydrogen-bond acceptors (Lipinski definition) is 5. The number of carbonyl (C=O) groups is 1. The second kappa shape index (κ2) is 10.1. The molecular formula is C27H27N3O3. The molecule has 2 aromatic carbocycles. The third-order valence-corrected chi connectivity index (χ3v) is 5.49. The molecule has 1 amide bonds. The van der Waals surface area contributed by atoms with Crippen molar-refractivity contribution in [3.8, 4) is 17.1 Å². The van der Waals surface area contributed by atoms with Crippen molar-refractivity contribution < 1.29 is 14.3 Å². The Hall–Kier alpha value is -3.93. The molecule has 6 heteroatoms. The molecule has 1 N–H and O–H groups in total. The van der Waals surface area contributed by atoms with Crippen molar-refractivity contribution in [3.63, 3.8) is 0 Å². The summed E-state index contributed by atoms with van der Waals surface area (Å²) in [4.78, 5) is 23.4. The number of phenolic OH excluding ortho intramolecular Hbond substituents is 1. The van der Waals surface area contributed by atoms with Gasteiger partial charge in [-0.1, -0.05) is 56.3 Å². The van der Waals surface area contributed by atoms with Crippen molar-refractivity contribution in [1.29, 1.82) is 0 Å². The number of nitrogens with zero attached hydrogens (tertiary/aromatic N) is 3. The lowest BCUT2D eigenvalue weighted by atomic mass is 10.0. The van der Waals surface area contributed by atoms with Gasteiger partial charge in [-0.05, 0) is 35.7 Å². The number of rotatable bonds is 8. The van der Waals surface area contributed by atoms with E-state index in [1.54, 1.807) is 41.6 Å². The van der Waals surface area contributed by atoms with Crippen LogP contribution in [-0.4, -0.2) is 21.0 Å². The highest BCUT2D eigenvalue weighted by molar-refractivity contribution is 5.94. The van der Waals surface area contributed by atoms with Gasteiger partial charge in [-0.2, -0.15) is 0 Å². The molecule has 168 valence electrons. The number of aryl methyl sites for hydroxylation is 1. The van der Waals surface area contributed by atoms with Gasteiger partial charge in [0.25, 0.3) is 0 Å². The number of aromatic hydroxyl groups is 1. The minimum atomic E-state index is -0.150. The summed E-state index contributed by atoms with van der Waals surface area (Å²) in [7, 11) is 0. The molecule has 4 rings (SSSR count). The van der Waals surface area contributed by atoms with Gasteiger partial charge in [-0.25, -0.2) is 4.98 Å². The first-order chi connectivity index (χ1) is 16.0. The molecule has 0 spiro atoms. The SMILES string of the molecule is CC(C)c1ccc(-c2cnc(CCC(=O)N(Cc3ccccn3)c3ccccc3O)o2)cc1. The summed E-state index contributed by atoms with van der Waals surface area (Å²) in [6.07, 6.45) is 3.92. The maximum Gasteiger partial charge on any atom is 0.227 e. The summed E-state index contributed by atoms with van der Waals surface area (Å²) in [6, 6.07) is 20.6. The van der Waals surface area contributed by atoms with Crippen LogP contribution in [0.2, 0.25) is 0 Å². The number of carbonyl (C=O) groups excluding carboxylic acids is 1. The van der Waals surface area contributed by atoms with E-state index >= 15 is 0 Å². The van der Waals surface area contributed by atoms with Gasteiger partial charge < -0.3 is 14.4 Å². The van der Waals surface area contributed by atoms with Crippen LogP contribution in [0.15, 0.2) is 83.5 Å². The first kappa shape index (κ1) is 22.3. The Bertz CT molecular complexity index is 1200. The largest absolute Gasteiger partial charge is 0.506 e. The van der Waals surface area contributed by atoms with Gasteiger partial charge in [0.1, 0.15) is 5.75 Å². The summed E-state index contributed by atoms with van der Waals surface area (Å²) in [5, 5.41) is 10.3. The van der Waals surface area contributed by atoms with Gasteiger partial charge in [0.2, 0.25) is 5.91 Å². The van der Waals surface area contributed by atoms with Crippen molar-refractivity contribution >= 4 is 11.6 Å². The number of amides is 1. The number of anilines is 1. The Balaban J connectivity index is 1.47. The lowest BCUT2D eigenvalue weighted by Gasteiger charge is -2.23. The van der Waals surface area contributed by atoms with Gasteiger partial charge in [-0.15, -0.1) is 0 Å². The second-order valence-corrected chi connectivity index (χ2v) is 8.18. The number of phenols is 1. The molecule has 6 nitrogen and oxygen atoms in total. The average Bonchev–Trinajstić information content (AvgIpc) is 3.31. The first-order valence-corrected chi connectivity index (χ1v) is 11.0. The molecule has 2 aromatic heterocycles. The minimum Gasteiger partial charge on any atom is -0.506 e. The van der Waals surface area contributed by atoms with Crippen molar-refractivity contribution in [2.45, 2.75) is 39.2 Å². The van der Waals surface area contributed by atoms with Gasteiger partial charge >= 0.3 is 0 Å². The summed E-state index contributed by atoms with van der Waals surface area (Å²) in [5.41, 5.74) is 3.40. The monoisotopic (exact) mass is 441 g/mol. The Morgan fingerprint density at radius 1 is 1.00 bits per heavy atom. The van der Waals surface area contributed by atoms with E-state index in [4.69, 9.17) is 4.42 Å². The Labute approximate surface area is 193 Å². The number of pyridine rings is 1. The molecule has 0 fully saturated rings. The van der Waals surface area contributed by atoms with Crippen LogP contribution < -0.4 is 4.90 Å². The van der Waals surface area contributed by atoms with Crippen LogP contribution >= 0.6 is 0 Å². The fraction of sp³-hybridized carbons (Fsp3) is 0.222. The lowest BCUT2D eigenvalue weighted by Crippen LogP contribution is -2.31. The maximum absolute atomic E-state index is 13.2. The van der Waals surface area contributed by atoms with E-state index in [2.05, 4.69) is 35.9 Å². The van der Waals surface area contributed by atoms with E-state index in [1.807, 2.05) is 30.3 Å². The summed E-state index contributed by atoms with van der Waals surface area (Å²) in [6.45, 7) is 4.58. The Morgan fingerprint density at radius 3 is 2.45 bits per heavy atom. The molecule has 0 aliphatic heterocycles. The van der Waals surface area contributed by atoms with E-state index < -0.39 is 0 Å². The van der Waals surface area contributed by atoms with Crippen LogP contribution in [0.1, 0.15) is 43.3 Å². The predicted molar refractivity (Wildman–Crippen MR) is 128 cm³/mol. The zero-order chi connectivity index (χ0) is 23.2. The third kappa shape index (κ3) is 5.47. The van der Waals surface area contributed by atoms with Crippen molar-refractivity contribution in [2.75, 3.05) is 4.90 Å². The fourth-order valence-corrected chi connectivity index (χ4v) is 3.59. The van der Waals surface area contributed by atoms with Crippen molar-refractivity contribution in [1.82, 2.24) is 9.97 Å². The van der Waals surface area contributed by atoms with Gasteiger partial charge in [0.15, 0.2) is 11.7 Å². The van der Waals surface area contributed by atoms with Crippen LogP contribution in [0.25, 0.3) is 11.3 Å². The highest BCUT2D eigenvalue weighted by atomic mass is 16.4. The van der Waals surface area contributed by atoms with Crippen molar-refractivity contribution in [2.24, 2.45) is 0 Å². The molecule has 0 aliphatic rings. The number of para-hydroxylation sites is 2. The number of aromatic nitrogens is 2. The van der Waals surface area contributed by atoms with E-state index in [-0.39, 0.29) is 24.6 Å². The van der Waals surface area contributed by atoms with Crippen LogP contribution in [0, 0.1) is 0 Å². The zero-order valence-corrected chi connectivity index (χ0v) is 18.8. The quantitative estimate of drug-likeness (QED) is 0.378. The van der Waals surface area contributed by atoms with E-state index in [0.717, 1.165) is 11.3 Å². The first-order valence-electron chi connectivity index (χ1n) is 11.0. The molecule has 0 saturated carbocycles. The summed E-state index contributed by atoms with van der Waals surface area (Å²) >= 11 is 0. The zero-order valence-electron chi connectivity index (χ0n) is 18.8. The van der Waals surface area contributed by atoms with Crippen LogP contribution in [0.5, 0.6) is 5.75 Å². The Morgan fingerprint density at radius 2 is 1.76 bits per heavy atom. The summed E-state index contributed by atoms with van der Waals surface area (Å²) < 4.78 is 5.90. The van der Waals surface area contributed by atoms with Crippen LogP contribution in [-0.2, 0) is 17.8 Å². The molecule has 2 heterocycles. The van der Waals surface area contributed by atoms with Gasteiger partial charge in [0.05, 0.1) is 24.1 Å². The smallest absolute Gasteiger partial charge is 0.227 e. The average molecular weight is 442 g/mol. The molecule has 0 unspecified atom stereocenters. The number of benzene rings is 2. The van der Waals surface area contributed by atoms with Gasteiger partial charge in [-0.3, -0.25) is 9.78 Å². The molecule has 0 atom stereocenters. The normalized spacial score (nSPS) is 11.0. The summed E-state index contributed by atoms with van der Waals surface area (Å²) in [5.74, 6) is 1.54. The molecule has 0 bridgehead atoms. The number of hydrogen-bond donors (Lipinski definition) is 1. The predicted octanol–water partition coefficient (Wildman–Crippen LogP) is 5.73. The topological polar surface area (TPSA) is 79.5 Å². The molecule has 4 aromatic rings. The number of oxazole rings is 1. The van der Waals surface area contributed by atoms with E-state index in [1.165, 1.54) is 5.56 Å². The fourth-order valence-electron chi connectivity index (χ4n) is 3.59. The maximum atomic E-state index is 13.2. The molecule has 0 radical (unpaired) electrons. The lowest BCUT2D eigenvalue weighted by molar-refractivity contribution is -0.118. The van der Waals surface area contributed by atoms with E-state index in [9.17, 15) is 9.90 Å². The molecule has 0 saturated heterocycles. The highest BCUT2D eigenvalue weighted by Gasteiger charge is 2.20. The van der Waals surface area contributed by atoms with Crippen LogP contribution in [0.4, 0.5) is 5.69 Å². The standard InChI is InChI=1S/C27H27N3O3/c1-19(2)20-10-12-21(13-11-20)25-17-29-26(33-25)14-15-27(32)30(18-22-7-5-6-16-28-22)23-8-3-4-9-24(23)31/h3-13,16-17,19,31H,14-15,18H2,1-2H3. The highest BCUT2D eigenvalue weighted by Crippen LogP contribution is 2.29. The third-order valence-electron chi connectivity index (χ3n) is 5.49. The van der Waals surface area contributed by atoms with E-state index in [0.29, 0.717) is 29.7 Å². The minimum absolute atomic E-state index is 0.0463. The van der Waals surface area contributed by atoms with Crippen LogP contribution in [0.3, 0.4) is 0 Å². The Kier molecular flexibility index (Phi) is 6.83.